The molecular weight excluding hydrogens is 466 g/mol. The Hall–Kier alpha value is -3.72. The molecule has 3 N–H and O–H groups in total. The zero-order valence-corrected chi connectivity index (χ0v) is 20.1. The largest absolute Gasteiger partial charge is 0.476 e. The van der Waals surface area contributed by atoms with E-state index in [9.17, 15) is 14.4 Å². The summed E-state index contributed by atoms with van der Waals surface area (Å²) < 4.78 is 5.59. The molecule has 1 atom stereocenters. The van der Waals surface area contributed by atoms with Gasteiger partial charge >= 0.3 is 12.1 Å². The molecule has 1 aliphatic rings. The normalized spacial score (nSPS) is 12.9. The summed E-state index contributed by atoms with van der Waals surface area (Å²) in [5.41, 5.74) is 4.46. The summed E-state index contributed by atoms with van der Waals surface area (Å²) in [6.45, 7) is 2.26. The van der Waals surface area contributed by atoms with Crippen LogP contribution in [-0.4, -0.2) is 40.7 Å². The summed E-state index contributed by atoms with van der Waals surface area (Å²) in [7, 11) is 0. The molecule has 0 radical (unpaired) electrons. The van der Waals surface area contributed by atoms with Gasteiger partial charge in [0, 0.05) is 11.3 Å². The zero-order chi connectivity index (χ0) is 24.8. The fourth-order valence-electron chi connectivity index (χ4n) is 4.24. The van der Waals surface area contributed by atoms with Crippen molar-refractivity contribution in [2.24, 2.45) is 0 Å². The average Bonchev–Trinajstić information content (AvgIpc) is 3.47. The lowest BCUT2D eigenvalue weighted by molar-refractivity contribution is -0.123. The van der Waals surface area contributed by atoms with Crippen LogP contribution in [0.15, 0.2) is 53.9 Å². The molecule has 9 heteroatoms. The minimum Gasteiger partial charge on any atom is -0.476 e. The van der Waals surface area contributed by atoms with E-state index in [1.807, 2.05) is 43.3 Å². The number of carbonyl (C=O) groups is 3. The second kappa shape index (κ2) is 11.1. The molecule has 0 aliphatic heterocycles. The third-order valence-corrected chi connectivity index (χ3v) is 6.83. The lowest BCUT2D eigenvalue weighted by Gasteiger charge is -2.19. The summed E-state index contributed by atoms with van der Waals surface area (Å²) in [6.07, 6.45) is 1.43. The lowest BCUT2D eigenvalue weighted by Crippen LogP contribution is -2.46. The van der Waals surface area contributed by atoms with Crippen LogP contribution in [0.2, 0.25) is 0 Å². The predicted molar refractivity (Wildman–Crippen MR) is 132 cm³/mol. The first-order chi connectivity index (χ1) is 17.0. The number of alkyl carbamates (subject to hydrolysis) is 1. The number of hydrogen-bond donors (Lipinski definition) is 3. The number of nitrogens with zero attached hydrogens (tertiary/aromatic N) is 1. The molecule has 1 heterocycles. The van der Waals surface area contributed by atoms with Crippen LogP contribution in [0.3, 0.4) is 0 Å². The van der Waals surface area contributed by atoms with Gasteiger partial charge in [-0.3, -0.25) is 4.79 Å². The Morgan fingerprint density at radius 3 is 2.34 bits per heavy atom. The van der Waals surface area contributed by atoms with E-state index in [1.165, 1.54) is 5.38 Å². The molecule has 3 aromatic rings. The SMILES string of the molecule is CCCC[C@H](NC(=O)OCC1c2ccccc2-c2ccccc21)C(=O)NCc1nc(C(=O)O)cs1. The Kier molecular flexibility index (Phi) is 7.77. The van der Waals surface area contributed by atoms with Crippen LogP contribution < -0.4 is 10.6 Å². The van der Waals surface area contributed by atoms with Crippen LogP contribution >= 0.6 is 11.3 Å². The predicted octanol–water partition coefficient (Wildman–Crippen LogP) is 4.56. The van der Waals surface area contributed by atoms with Crippen molar-refractivity contribution in [3.63, 3.8) is 0 Å². The molecule has 0 spiro atoms. The van der Waals surface area contributed by atoms with Crippen LogP contribution in [0.25, 0.3) is 11.1 Å². The Balaban J connectivity index is 1.36. The first-order valence-corrected chi connectivity index (χ1v) is 12.4. The van der Waals surface area contributed by atoms with Gasteiger partial charge in [-0.05, 0) is 28.7 Å². The van der Waals surface area contributed by atoms with Crippen LogP contribution in [0.1, 0.15) is 58.7 Å². The zero-order valence-electron chi connectivity index (χ0n) is 19.3. The van der Waals surface area contributed by atoms with Gasteiger partial charge in [-0.15, -0.1) is 11.3 Å². The van der Waals surface area contributed by atoms with Gasteiger partial charge in [-0.1, -0.05) is 68.3 Å². The highest BCUT2D eigenvalue weighted by Gasteiger charge is 2.29. The molecule has 2 amide bonds. The van der Waals surface area contributed by atoms with Crippen molar-refractivity contribution in [2.75, 3.05) is 6.61 Å². The quantitative estimate of drug-likeness (QED) is 0.381. The van der Waals surface area contributed by atoms with E-state index < -0.39 is 18.1 Å². The van der Waals surface area contributed by atoms with Gasteiger partial charge in [0.1, 0.15) is 17.7 Å². The number of fused-ring (bicyclic) bond motifs is 3. The number of unbranched alkanes of at least 4 members (excludes halogenated alkanes) is 1. The van der Waals surface area contributed by atoms with Crippen molar-refractivity contribution < 1.29 is 24.2 Å². The molecule has 1 aromatic heterocycles. The first kappa shape index (κ1) is 24.4. The third-order valence-electron chi connectivity index (χ3n) is 5.98. The standard InChI is InChI=1S/C26H27N3O5S/c1-2-3-12-21(24(30)27-13-23-28-22(15-35-23)25(31)32)29-26(33)34-14-20-18-10-6-4-8-16(18)17-9-5-7-11-19(17)20/h4-11,15,20-21H,2-3,12-14H2,1H3,(H,27,30)(H,29,33)(H,31,32)/t21-/m0/s1. The van der Waals surface area contributed by atoms with Crippen molar-refractivity contribution in [1.29, 1.82) is 0 Å². The fraction of sp³-hybridized carbons (Fsp3) is 0.308. The van der Waals surface area contributed by atoms with Gasteiger partial charge in [0.15, 0.2) is 5.69 Å². The summed E-state index contributed by atoms with van der Waals surface area (Å²) in [5, 5.41) is 16.3. The number of aromatic nitrogens is 1. The average molecular weight is 494 g/mol. The third kappa shape index (κ3) is 5.68. The summed E-state index contributed by atoms with van der Waals surface area (Å²) in [6, 6.07) is 15.4. The van der Waals surface area contributed by atoms with Crippen molar-refractivity contribution in [2.45, 2.75) is 44.7 Å². The Labute approximate surface area is 207 Å². The number of rotatable bonds is 10. The summed E-state index contributed by atoms with van der Waals surface area (Å²) in [4.78, 5) is 40.4. The highest BCUT2D eigenvalue weighted by atomic mass is 32.1. The van der Waals surface area contributed by atoms with Crippen LogP contribution in [0.5, 0.6) is 0 Å². The summed E-state index contributed by atoms with van der Waals surface area (Å²) in [5.74, 6) is -1.54. The molecule has 0 bridgehead atoms. The monoisotopic (exact) mass is 493 g/mol. The number of thiazole rings is 1. The number of nitrogens with one attached hydrogen (secondary N) is 2. The number of benzene rings is 2. The maximum Gasteiger partial charge on any atom is 0.407 e. The molecule has 35 heavy (non-hydrogen) atoms. The van der Waals surface area contributed by atoms with E-state index >= 15 is 0 Å². The molecule has 0 fully saturated rings. The van der Waals surface area contributed by atoms with Gasteiger partial charge < -0.3 is 20.5 Å². The van der Waals surface area contributed by atoms with Crippen LogP contribution in [-0.2, 0) is 16.1 Å². The minimum atomic E-state index is -1.11. The molecule has 0 saturated heterocycles. The van der Waals surface area contributed by atoms with Gasteiger partial charge in [0.2, 0.25) is 5.91 Å². The van der Waals surface area contributed by atoms with E-state index in [2.05, 4.69) is 27.8 Å². The topological polar surface area (TPSA) is 118 Å². The second-order valence-electron chi connectivity index (χ2n) is 8.31. The molecule has 8 nitrogen and oxygen atoms in total. The molecule has 0 saturated carbocycles. The van der Waals surface area contributed by atoms with Crippen molar-refractivity contribution >= 4 is 29.3 Å². The molecular formula is C26H27N3O5S. The van der Waals surface area contributed by atoms with Gasteiger partial charge in [-0.25, -0.2) is 14.6 Å². The van der Waals surface area contributed by atoms with Crippen LogP contribution in [0.4, 0.5) is 4.79 Å². The number of carbonyl (C=O) groups excluding carboxylic acids is 2. The Morgan fingerprint density at radius 2 is 1.74 bits per heavy atom. The van der Waals surface area contributed by atoms with Gasteiger partial charge in [0.25, 0.3) is 0 Å². The highest BCUT2D eigenvalue weighted by molar-refractivity contribution is 7.09. The first-order valence-electron chi connectivity index (χ1n) is 11.5. The molecule has 4 rings (SSSR count). The number of carboxylic acids is 1. The molecule has 2 aromatic carbocycles. The molecule has 182 valence electrons. The lowest BCUT2D eigenvalue weighted by atomic mass is 9.98. The van der Waals surface area contributed by atoms with Gasteiger partial charge in [-0.2, -0.15) is 0 Å². The Bertz CT molecular complexity index is 1180. The maximum atomic E-state index is 12.8. The number of amides is 2. The summed E-state index contributed by atoms with van der Waals surface area (Å²) >= 11 is 1.16. The number of ether oxygens (including phenoxy) is 1. The van der Waals surface area contributed by atoms with E-state index in [4.69, 9.17) is 9.84 Å². The van der Waals surface area contributed by atoms with Crippen molar-refractivity contribution in [3.05, 3.63) is 75.7 Å². The fourth-order valence-corrected chi connectivity index (χ4v) is 4.94. The number of carboxylic acid groups (broad SMARTS) is 1. The van der Waals surface area contributed by atoms with Gasteiger partial charge in [0.05, 0.1) is 6.54 Å². The molecule has 0 unspecified atom stereocenters. The van der Waals surface area contributed by atoms with E-state index in [-0.39, 0.29) is 30.7 Å². The van der Waals surface area contributed by atoms with E-state index in [0.717, 1.165) is 46.4 Å². The highest BCUT2D eigenvalue weighted by Crippen LogP contribution is 2.44. The Morgan fingerprint density at radius 1 is 1.09 bits per heavy atom. The van der Waals surface area contributed by atoms with E-state index in [1.54, 1.807) is 0 Å². The van der Waals surface area contributed by atoms with E-state index in [0.29, 0.717) is 11.4 Å². The minimum absolute atomic E-state index is 0.0569. The number of aromatic carboxylic acids is 1. The second-order valence-corrected chi connectivity index (χ2v) is 9.26. The smallest absolute Gasteiger partial charge is 0.407 e. The molecule has 1 aliphatic carbocycles. The van der Waals surface area contributed by atoms with Crippen molar-refractivity contribution in [3.8, 4) is 11.1 Å². The number of hydrogen-bond acceptors (Lipinski definition) is 6. The maximum absolute atomic E-state index is 12.8. The van der Waals surface area contributed by atoms with Crippen LogP contribution in [0, 0.1) is 0 Å². The van der Waals surface area contributed by atoms with Crippen molar-refractivity contribution in [1.82, 2.24) is 15.6 Å².